The Hall–Kier alpha value is -3.82. The van der Waals surface area contributed by atoms with Gasteiger partial charge < -0.3 is 19.5 Å². The second-order valence-corrected chi connectivity index (χ2v) is 9.29. The van der Waals surface area contributed by atoms with Crippen LogP contribution in [-0.4, -0.2) is 40.1 Å². The van der Waals surface area contributed by atoms with Gasteiger partial charge in [0.2, 0.25) is 5.95 Å². The van der Waals surface area contributed by atoms with E-state index in [0.29, 0.717) is 24.6 Å². The predicted molar refractivity (Wildman–Crippen MR) is 135 cm³/mol. The summed E-state index contributed by atoms with van der Waals surface area (Å²) in [6, 6.07) is 11.4. The summed E-state index contributed by atoms with van der Waals surface area (Å²) in [7, 11) is 0. The highest BCUT2D eigenvalue weighted by Gasteiger charge is 2.31. The van der Waals surface area contributed by atoms with Crippen molar-refractivity contribution in [3.05, 3.63) is 77.1 Å². The zero-order chi connectivity index (χ0) is 27.1. The van der Waals surface area contributed by atoms with Gasteiger partial charge in [-0.05, 0) is 72.6 Å². The van der Waals surface area contributed by atoms with Crippen molar-refractivity contribution in [2.24, 2.45) is 0 Å². The molecule has 0 fully saturated rings. The van der Waals surface area contributed by atoms with Gasteiger partial charge >= 0.3 is 12.3 Å². The second-order valence-electron chi connectivity index (χ2n) is 9.29. The minimum absolute atomic E-state index is 0.00612. The summed E-state index contributed by atoms with van der Waals surface area (Å²) in [5, 5.41) is 9.07. The molecule has 1 aromatic heterocycles. The van der Waals surface area contributed by atoms with Gasteiger partial charge in [-0.2, -0.15) is 0 Å². The molecule has 4 rings (SSSR count). The van der Waals surface area contributed by atoms with E-state index in [4.69, 9.17) is 9.84 Å². The Morgan fingerprint density at radius 3 is 2.47 bits per heavy atom. The number of hydrogen-bond donors (Lipinski definition) is 1. The van der Waals surface area contributed by atoms with E-state index in [1.54, 1.807) is 24.5 Å². The number of carboxylic acid groups (broad SMARTS) is 1. The molecule has 1 aliphatic heterocycles. The van der Waals surface area contributed by atoms with Gasteiger partial charge in [-0.15, -0.1) is 13.2 Å². The van der Waals surface area contributed by atoms with Gasteiger partial charge in [0, 0.05) is 25.5 Å². The van der Waals surface area contributed by atoms with Crippen LogP contribution in [0.15, 0.2) is 54.9 Å². The lowest BCUT2D eigenvalue weighted by Crippen LogP contribution is -2.28. The molecule has 0 aliphatic carbocycles. The molecule has 1 unspecified atom stereocenters. The number of nitrogens with zero attached hydrogens (tertiary/aromatic N) is 3. The van der Waals surface area contributed by atoms with Crippen molar-refractivity contribution in [2.75, 3.05) is 11.4 Å². The Morgan fingerprint density at radius 1 is 1.11 bits per heavy atom. The monoisotopic (exact) mass is 529 g/mol. The Morgan fingerprint density at radius 2 is 1.82 bits per heavy atom. The molecule has 1 N–H and O–H groups in total. The molecule has 3 aromatic rings. The first-order valence-corrected chi connectivity index (χ1v) is 12.6. The first-order chi connectivity index (χ1) is 18.2. The lowest BCUT2D eigenvalue weighted by atomic mass is 9.97. The van der Waals surface area contributed by atoms with Crippen molar-refractivity contribution in [1.29, 1.82) is 0 Å². The number of carboxylic acids is 1. The average Bonchev–Trinajstić information content (AvgIpc) is 2.88. The number of aryl methyl sites for hydroxylation is 2. The van der Waals surface area contributed by atoms with Gasteiger partial charge in [0.25, 0.3) is 0 Å². The molecule has 0 spiro atoms. The van der Waals surface area contributed by atoms with Crippen molar-refractivity contribution >= 4 is 11.9 Å². The largest absolute Gasteiger partial charge is 0.573 e. The third-order valence-electron chi connectivity index (χ3n) is 6.38. The van der Waals surface area contributed by atoms with Crippen LogP contribution >= 0.6 is 0 Å². The fourth-order valence-corrected chi connectivity index (χ4v) is 4.43. The maximum absolute atomic E-state index is 12.5. The van der Waals surface area contributed by atoms with Crippen molar-refractivity contribution < 1.29 is 32.5 Å². The number of rotatable bonds is 11. The van der Waals surface area contributed by atoms with E-state index in [2.05, 4.69) is 14.7 Å². The van der Waals surface area contributed by atoms with Crippen LogP contribution < -0.4 is 14.4 Å². The van der Waals surface area contributed by atoms with E-state index in [1.807, 2.05) is 30.0 Å². The number of halogens is 3. The van der Waals surface area contributed by atoms with E-state index in [-0.39, 0.29) is 18.3 Å². The first-order valence-electron chi connectivity index (χ1n) is 12.6. The number of aliphatic carboxylic acids is 1. The molecule has 38 heavy (non-hydrogen) atoms. The van der Waals surface area contributed by atoms with Gasteiger partial charge in [-0.1, -0.05) is 31.2 Å². The van der Waals surface area contributed by atoms with E-state index < -0.39 is 12.3 Å². The smallest absolute Gasteiger partial charge is 0.490 e. The van der Waals surface area contributed by atoms with Crippen molar-refractivity contribution in [1.82, 2.24) is 9.97 Å². The summed E-state index contributed by atoms with van der Waals surface area (Å²) in [4.78, 5) is 22.1. The summed E-state index contributed by atoms with van der Waals surface area (Å²) in [6.45, 7) is 3.07. The molecule has 0 bridgehead atoms. The summed E-state index contributed by atoms with van der Waals surface area (Å²) in [5.74, 6) is 0.147. The summed E-state index contributed by atoms with van der Waals surface area (Å²) >= 11 is 0. The Bertz CT molecular complexity index is 1220. The average molecular weight is 530 g/mol. The number of alkyl halides is 3. The van der Waals surface area contributed by atoms with Crippen LogP contribution in [0.2, 0.25) is 0 Å². The maximum Gasteiger partial charge on any atom is 0.573 e. The quantitative estimate of drug-likeness (QED) is 0.339. The molecule has 7 nitrogen and oxygen atoms in total. The highest BCUT2D eigenvalue weighted by Crippen LogP contribution is 2.31. The van der Waals surface area contributed by atoms with E-state index >= 15 is 0 Å². The van der Waals surface area contributed by atoms with E-state index in [0.717, 1.165) is 54.5 Å². The van der Waals surface area contributed by atoms with Crippen LogP contribution in [0.5, 0.6) is 11.5 Å². The van der Waals surface area contributed by atoms with Crippen molar-refractivity contribution in [2.45, 2.75) is 64.5 Å². The highest BCUT2D eigenvalue weighted by atomic mass is 19.4. The third-order valence-corrected chi connectivity index (χ3v) is 6.38. The van der Waals surface area contributed by atoms with Gasteiger partial charge in [0.15, 0.2) is 0 Å². The van der Waals surface area contributed by atoms with E-state index in [1.165, 1.54) is 12.1 Å². The SMILES string of the molecule is CCc1cnc(N(CCCC2CCc3ccc(CC(=O)O)cc3O2)Cc2ccc(OC(F)(F)F)cc2)nc1. The molecule has 2 aromatic carbocycles. The topological polar surface area (TPSA) is 84.8 Å². The standard InChI is InChI=1S/C28H30F3N3O4/c1-2-19-16-32-27(33-17-19)34(18-20-6-10-24(11-7-20)38-28(29,30)31)13-3-4-23-12-9-22-8-5-21(15-26(35)36)14-25(22)37-23/h5-8,10-11,14,16-17,23H,2-4,9,12-13,15,18H2,1H3,(H,35,36). The lowest BCUT2D eigenvalue weighted by molar-refractivity contribution is -0.274. The van der Waals surface area contributed by atoms with Gasteiger partial charge in [-0.25, -0.2) is 9.97 Å². The zero-order valence-corrected chi connectivity index (χ0v) is 21.1. The molecule has 0 saturated heterocycles. The van der Waals surface area contributed by atoms with Gasteiger partial charge in [0.1, 0.15) is 11.5 Å². The maximum atomic E-state index is 12.5. The molecule has 0 radical (unpaired) electrons. The van der Waals surface area contributed by atoms with Gasteiger partial charge in [-0.3, -0.25) is 4.79 Å². The van der Waals surface area contributed by atoms with Crippen LogP contribution in [0.25, 0.3) is 0 Å². The zero-order valence-electron chi connectivity index (χ0n) is 21.1. The number of benzene rings is 2. The molecule has 2 heterocycles. The van der Waals surface area contributed by atoms with Crippen LogP contribution in [0.3, 0.4) is 0 Å². The fourth-order valence-electron chi connectivity index (χ4n) is 4.43. The fraction of sp³-hybridized carbons (Fsp3) is 0.393. The second kappa shape index (κ2) is 12.1. The van der Waals surface area contributed by atoms with Crippen LogP contribution in [0, 0.1) is 0 Å². The van der Waals surface area contributed by atoms with Gasteiger partial charge in [0.05, 0.1) is 12.5 Å². The van der Waals surface area contributed by atoms with E-state index in [9.17, 15) is 18.0 Å². The molecular weight excluding hydrogens is 499 g/mol. The molecule has 1 atom stereocenters. The van der Waals surface area contributed by atoms with Crippen LogP contribution in [0.4, 0.5) is 19.1 Å². The molecular formula is C28H30F3N3O4. The number of ether oxygens (including phenoxy) is 2. The molecule has 10 heteroatoms. The number of aromatic nitrogens is 2. The van der Waals surface area contributed by atoms with Crippen molar-refractivity contribution in [3.63, 3.8) is 0 Å². The Labute approximate surface area is 219 Å². The summed E-state index contributed by atoms with van der Waals surface area (Å²) in [5.41, 5.74) is 3.61. The Balaban J connectivity index is 1.39. The molecule has 0 saturated carbocycles. The molecule has 202 valence electrons. The Kier molecular flexibility index (Phi) is 8.70. The molecule has 1 aliphatic rings. The predicted octanol–water partition coefficient (Wildman–Crippen LogP) is 5.75. The lowest BCUT2D eigenvalue weighted by Gasteiger charge is -2.28. The minimum Gasteiger partial charge on any atom is -0.490 e. The number of fused-ring (bicyclic) bond motifs is 1. The number of carbonyl (C=O) groups is 1. The summed E-state index contributed by atoms with van der Waals surface area (Å²) in [6.07, 6.45) is 2.91. The number of anilines is 1. The minimum atomic E-state index is -4.73. The third kappa shape index (κ3) is 7.84. The summed E-state index contributed by atoms with van der Waals surface area (Å²) < 4.78 is 47.7. The highest BCUT2D eigenvalue weighted by molar-refractivity contribution is 5.70. The van der Waals surface area contributed by atoms with Crippen LogP contribution in [-0.2, 0) is 30.6 Å². The normalized spacial score (nSPS) is 14.9. The van der Waals surface area contributed by atoms with Crippen molar-refractivity contribution in [3.8, 4) is 11.5 Å². The molecule has 0 amide bonds. The number of hydrogen-bond acceptors (Lipinski definition) is 6. The van der Waals surface area contributed by atoms with Crippen LogP contribution in [0.1, 0.15) is 48.4 Å². The first kappa shape index (κ1) is 27.2.